The van der Waals surface area contributed by atoms with E-state index in [4.69, 9.17) is 0 Å². The molecule has 1 saturated carbocycles. The third-order valence-electron chi connectivity index (χ3n) is 6.45. The molecule has 1 amide bonds. The fourth-order valence-electron chi connectivity index (χ4n) is 4.11. The van der Waals surface area contributed by atoms with Gasteiger partial charge in [-0.15, -0.1) is 0 Å². The van der Waals surface area contributed by atoms with Gasteiger partial charge in [-0.25, -0.2) is 21.8 Å². The van der Waals surface area contributed by atoms with Crippen molar-refractivity contribution in [2.45, 2.75) is 28.7 Å². The van der Waals surface area contributed by atoms with Crippen molar-refractivity contribution in [2.24, 2.45) is 0 Å². The largest absolute Gasteiger partial charge is 0.345 e. The van der Waals surface area contributed by atoms with E-state index in [1.807, 2.05) is 0 Å². The van der Waals surface area contributed by atoms with E-state index in [9.17, 15) is 21.6 Å². The maximum Gasteiger partial charge on any atom is 0.253 e. The highest BCUT2D eigenvalue weighted by Crippen LogP contribution is 2.32. The molecule has 0 spiro atoms. The average Bonchev–Trinajstić information content (AvgIpc) is 3.60. The summed E-state index contributed by atoms with van der Waals surface area (Å²) in [5, 5.41) is 0.798. The minimum absolute atomic E-state index is 0.0785. The normalized spacial score (nSPS) is 17.3. The molecule has 1 aromatic heterocycles. The van der Waals surface area contributed by atoms with Crippen LogP contribution in [0.2, 0.25) is 0 Å². The van der Waals surface area contributed by atoms with E-state index in [2.05, 4.69) is 9.88 Å². The molecule has 5 rings (SSSR count). The van der Waals surface area contributed by atoms with E-state index in [0.29, 0.717) is 31.7 Å². The molecule has 0 atom stereocenters. The molecule has 2 fully saturated rings. The van der Waals surface area contributed by atoms with Crippen LogP contribution in [-0.4, -0.2) is 82.5 Å². The van der Waals surface area contributed by atoms with Crippen molar-refractivity contribution in [1.29, 1.82) is 0 Å². The number of thiazole rings is 1. The second-order valence-corrected chi connectivity index (χ2v) is 14.0. The van der Waals surface area contributed by atoms with Gasteiger partial charge in [-0.1, -0.05) is 11.3 Å². The molecule has 12 heteroatoms. The average molecular weight is 535 g/mol. The lowest BCUT2D eigenvalue weighted by Gasteiger charge is -2.34. The summed E-state index contributed by atoms with van der Waals surface area (Å²) >= 11 is 1.44. The van der Waals surface area contributed by atoms with Crippen LogP contribution in [0.1, 0.15) is 23.2 Å². The van der Waals surface area contributed by atoms with Crippen LogP contribution in [0.5, 0.6) is 0 Å². The Labute approximate surface area is 208 Å². The Kier molecular flexibility index (Phi) is 6.10. The highest BCUT2D eigenvalue weighted by atomic mass is 32.2. The number of piperazine rings is 1. The first-order chi connectivity index (χ1) is 16.5. The van der Waals surface area contributed by atoms with Gasteiger partial charge in [0.15, 0.2) is 15.0 Å². The van der Waals surface area contributed by atoms with E-state index in [1.54, 1.807) is 42.3 Å². The van der Waals surface area contributed by atoms with E-state index in [-0.39, 0.29) is 21.7 Å². The predicted molar refractivity (Wildman–Crippen MR) is 135 cm³/mol. The number of benzene rings is 2. The van der Waals surface area contributed by atoms with Gasteiger partial charge in [0.25, 0.3) is 5.91 Å². The highest BCUT2D eigenvalue weighted by molar-refractivity contribution is 7.90. The summed E-state index contributed by atoms with van der Waals surface area (Å²) in [5.74, 6) is -0.133. The molecule has 9 nitrogen and oxygen atoms in total. The van der Waals surface area contributed by atoms with Crippen molar-refractivity contribution in [1.82, 2.24) is 14.2 Å². The Morgan fingerprint density at radius 2 is 1.60 bits per heavy atom. The van der Waals surface area contributed by atoms with E-state index < -0.39 is 19.9 Å². The molecule has 186 valence electrons. The molecule has 0 unspecified atom stereocenters. The van der Waals surface area contributed by atoms with Gasteiger partial charge in [0, 0.05) is 51.1 Å². The van der Waals surface area contributed by atoms with Crippen LogP contribution in [0.4, 0.5) is 5.13 Å². The van der Waals surface area contributed by atoms with Crippen LogP contribution < -0.4 is 4.90 Å². The van der Waals surface area contributed by atoms with Crippen molar-refractivity contribution in [3.63, 3.8) is 0 Å². The number of anilines is 1. The molecule has 0 N–H and O–H groups in total. The Bertz CT molecular complexity index is 1490. The van der Waals surface area contributed by atoms with Gasteiger partial charge >= 0.3 is 0 Å². The number of nitrogens with zero attached hydrogens (tertiary/aromatic N) is 4. The molecule has 1 aliphatic carbocycles. The van der Waals surface area contributed by atoms with Crippen molar-refractivity contribution >= 4 is 52.5 Å². The minimum Gasteiger partial charge on any atom is -0.345 e. The van der Waals surface area contributed by atoms with Gasteiger partial charge in [-0.05, 0) is 55.3 Å². The Morgan fingerprint density at radius 3 is 2.20 bits per heavy atom. The predicted octanol–water partition coefficient (Wildman–Crippen LogP) is 2.45. The Balaban J connectivity index is 1.24. The maximum absolute atomic E-state index is 13.0. The molecule has 0 bridgehead atoms. The first kappa shape index (κ1) is 24.2. The van der Waals surface area contributed by atoms with Crippen LogP contribution in [0, 0.1) is 0 Å². The van der Waals surface area contributed by atoms with Crippen molar-refractivity contribution in [2.75, 3.05) is 44.4 Å². The van der Waals surface area contributed by atoms with Gasteiger partial charge in [-0.2, -0.15) is 4.31 Å². The number of carbonyl (C=O) groups is 1. The van der Waals surface area contributed by atoms with Crippen molar-refractivity contribution in [3.05, 3.63) is 48.0 Å². The summed E-state index contributed by atoms with van der Waals surface area (Å²) < 4.78 is 51.3. The number of sulfonamides is 1. The maximum atomic E-state index is 13.0. The van der Waals surface area contributed by atoms with Crippen LogP contribution >= 0.6 is 11.3 Å². The fourth-order valence-corrected chi connectivity index (χ4v) is 7.31. The molecule has 2 aliphatic rings. The number of amides is 1. The van der Waals surface area contributed by atoms with E-state index >= 15 is 0 Å². The summed E-state index contributed by atoms with van der Waals surface area (Å²) in [7, 11) is -5.23. The minimum atomic E-state index is -3.54. The molecular formula is C23H26N4O5S3. The molecule has 2 heterocycles. The van der Waals surface area contributed by atoms with Gasteiger partial charge in [0.05, 0.1) is 20.0 Å². The Hall–Kier alpha value is -2.54. The second kappa shape index (κ2) is 8.84. The number of hydrogen-bond donors (Lipinski definition) is 0. The monoisotopic (exact) mass is 534 g/mol. The smallest absolute Gasteiger partial charge is 0.253 e. The first-order valence-electron chi connectivity index (χ1n) is 11.3. The lowest BCUT2D eigenvalue weighted by molar-refractivity contribution is 0.0746. The number of aromatic nitrogens is 1. The summed E-state index contributed by atoms with van der Waals surface area (Å²) in [5.41, 5.74) is 1.21. The number of fused-ring (bicyclic) bond motifs is 1. The zero-order valence-electron chi connectivity index (χ0n) is 19.4. The van der Waals surface area contributed by atoms with Gasteiger partial charge < -0.3 is 9.80 Å². The zero-order valence-corrected chi connectivity index (χ0v) is 21.9. The first-order valence-corrected chi connectivity index (χ1v) is 15.4. The third kappa shape index (κ3) is 4.80. The number of sulfone groups is 1. The quantitative estimate of drug-likeness (QED) is 0.478. The third-order valence-corrected chi connectivity index (χ3v) is 10.6. The number of hydrogen-bond acceptors (Lipinski definition) is 8. The molecular weight excluding hydrogens is 508 g/mol. The number of carbonyl (C=O) groups excluding carboxylic acids is 1. The summed E-state index contributed by atoms with van der Waals surface area (Å²) in [6.45, 7) is 2.22. The lowest BCUT2D eigenvalue weighted by atomic mass is 10.2. The van der Waals surface area contributed by atoms with Crippen molar-refractivity contribution in [3.8, 4) is 0 Å². The highest BCUT2D eigenvalue weighted by Gasteiger charge is 2.35. The van der Waals surface area contributed by atoms with E-state index in [1.165, 1.54) is 34.0 Å². The summed E-state index contributed by atoms with van der Waals surface area (Å²) in [6, 6.07) is 11.2. The standard InChI is InChI=1S/C23H26N4O5S3/c1-25(17-5-6-17)35(31,32)18-7-3-16(4-8-18)22(28)26-11-13-27(14-12-26)23-24-20-10-9-19(34(2,29)30)15-21(20)33-23/h3-4,7-10,15,17H,5-6,11-14H2,1-2H3. The molecule has 1 saturated heterocycles. The van der Waals surface area contributed by atoms with Crippen LogP contribution in [0.25, 0.3) is 10.2 Å². The molecule has 2 aromatic carbocycles. The Morgan fingerprint density at radius 1 is 0.971 bits per heavy atom. The zero-order chi connectivity index (χ0) is 25.0. The SMILES string of the molecule is CN(C1CC1)S(=O)(=O)c1ccc(C(=O)N2CCN(c3nc4ccc(S(C)(=O)=O)cc4s3)CC2)cc1. The fraction of sp³-hybridized carbons (Fsp3) is 0.391. The molecule has 0 radical (unpaired) electrons. The summed E-state index contributed by atoms with van der Waals surface area (Å²) in [6.07, 6.45) is 2.96. The second-order valence-electron chi connectivity index (χ2n) is 8.95. The van der Waals surface area contributed by atoms with E-state index in [0.717, 1.165) is 28.2 Å². The molecule has 35 heavy (non-hydrogen) atoms. The van der Waals surface area contributed by atoms with Gasteiger partial charge in [0.1, 0.15) is 0 Å². The topological polar surface area (TPSA) is 108 Å². The lowest BCUT2D eigenvalue weighted by Crippen LogP contribution is -2.48. The molecule has 1 aliphatic heterocycles. The van der Waals surface area contributed by atoms with Crippen LogP contribution in [0.3, 0.4) is 0 Å². The number of rotatable bonds is 6. The van der Waals surface area contributed by atoms with Crippen molar-refractivity contribution < 1.29 is 21.6 Å². The van der Waals surface area contributed by atoms with Crippen LogP contribution in [-0.2, 0) is 19.9 Å². The van der Waals surface area contributed by atoms with Gasteiger partial charge in [-0.3, -0.25) is 4.79 Å². The van der Waals surface area contributed by atoms with Crippen LogP contribution in [0.15, 0.2) is 52.3 Å². The van der Waals surface area contributed by atoms with Gasteiger partial charge in [0.2, 0.25) is 10.0 Å². The molecule has 3 aromatic rings. The summed E-state index contributed by atoms with van der Waals surface area (Å²) in [4.78, 5) is 22.0.